The first-order valence-corrected chi connectivity index (χ1v) is 7.57. The zero-order valence-electron chi connectivity index (χ0n) is 12.6. The van der Waals surface area contributed by atoms with E-state index in [1.807, 2.05) is 0 Å². The molecule has 0 bridgehead atoms. The number of hydrogen-bond donors (Lipinski definition) is 3. The van der Waals surface area contributed by atoms with Crippen LogP contribution in [0.5, 0.6) is 17.2 Å². The minimum absolute atomic E-state index is 0.0377. The van der Waals surface area contributed by atoms with Crippen LogP contribution in [-0.2, 0) is 4.79 Å². The molecule has 0 aromatic heterocycles. The highest BCUT2D eigenvalue weighted by molar-refractivity contribution is 6.30. The van der Waals surface area contributed by atoms with Gasteiger partial charge in [0.15, 0.2) is 17.6 Å². The summed E-state index contributed by atoms with van der Waals surface area (Å²) in [4.78, 5) is 11.3. The second-order valence-electron chi connectivity index (χ2n) is 5.07. The minimum Gasteiger partial charge on any atom is -0.504 e. The molecule has 2 aromatic carbocycles. The number of aliphatic hydroxyl groups is 1. The molecule has 0 radical (unpaired) electrons. The summed E-state index contributed by atoms with van der Waals surface area (Å²) in [6, 6.07) is 12.6. The van der Waals surface area contributed by atoms with Crippen LogP contribution in [0, 0.1) is 0 Å². The van der Waals surface area contributed by atoms with Crippen molar-refractivity contribution in [3.63, 3.8) is 0 Å². The Labute approximate surface area is 143 Å². The standard InChI is InChI=1S/C17H17ClO6/c18-11-5-7-13(8-6-11)23-10-12(19)9-16(17(21)22)24-15-4-2-1-3-14(15)20/h1-8,12,16,19-20H,9-10H2,(H,21,22). The summed E-state index contributed by atoms with van der Waals surface area (Å²) in [5, 5.41) is 29.4. The van der Waals surface area contributed by atoms with Gasteiger partial charge in [0.2, 0.25) is 0 Å². The number of aliphatic carboxylic acids is 1. The van der Waals surface area contributed by atoms with Crippen LogP contribution in [-0.4, -0.2) is 40.1 Å². The summed E-state index contributed by atoms with van der Waals surface area (Å²) in [5.41, 5.74) is 0. The molecule has 2 aromatic rings. The average molecular weight is 353 g/mol. The fraction of sp³-hybridized carbons (Fsp3) is 0.235. The van der Waals surface area contributed by atoms with Gasteiger partial charge in [-0.2, -0.15) is 0 Å². The molecule has 24 heavy (non-hydrogen) atoms. The molecule has 0 aliphatic carbocycles. The van der Waals surface area contributed by atoms with Crippen molar-refractivity contribution in [1.82, 2.24) is 0 Å². The highest BCUT2D eigenvalue weighted by Gasteiger charge is 2.24. The van der Waals surface area contributed by atoms with E-state index in [2.05, 4.69) is 0 Å². The highest BCUT2D eigenvalue weighted by atomic mass is 35.5. The molecule has 6 nitrogen and oxygen atoms in total. The maximum Gasteiger partial charge on any atom is 0.345 e. The summed E-state index contributed by atoms with van der Waals surface area (Å²) < 4.78 is 10.6. The molecule has 2 rings (SSSR count). The normalized spacial score (nSPS) is 13.1. The lowest BCUT2D eigenvalue weighted by Gasteiger charge is -2.19. The Balaban J connectivity index is 1.91. The fourth-order valence-electron chi connectivity index (χ4n) is 1.95. The fourth-order valence-corrected chi connectivity index (χ4v) is 2.07. The summed E-state index contributed by atoms with van der Waals surface area (Å²) in [6.45, 7) is -0.102. The zero-order valence-corrected chi connectivity index (χ0v) is 13.4. The quantitative estimate of drug-likeness (QED) is 0.676. The van der Waals surface area contributed by atoms with Crippen molar-refractivity contribution in [3.05, 3.63) is 53.6 Å². The molecule has 2 unspecified atom stereocenters. The first-order valence-electron chi connectivity index (χ1n) is 7.19. The largest absolute Gasteiger partial charge is 0.504 e. The van der Waals surface area contributed by atoms with Gasteiger partial charge in [-0.05, 0) is 36.4 Å². The third-order valence-corrected chi connectivity index (χ3v) is 3.40. The Kier molecular flexibility index (Phi) is 6.28. The van der Waals surface area contributed by atoms with Crippen molar-refractivity contribution < 1.29 is 29.6 Å². The summed E-state index contributed by atoms with van der Waals surface area (Å²) in [6.07, 6.45) is -2.58. The van der Waals surface area contributed by atoms with Gasteiger partial charge in [0.1, 0.15) is 12.4 Å². The van der Waals surface area contributed by atoms with Crippen LogP contribution < -0.4 is 9.47 Å². The number of carbonyl (C=O) groups is 1. The number of phenolic OH excluding ortho intramolecular Hbond substituents is 1. The lowest BCUT2D eigenvalue weighted by molar-refractivity contribution is -0.146. The van der Waals surface area contributed by atoms with Crippen LogP contribution in [0.25, 0.3) is 0 Å². The van der Waals surface area contributed by atoms with E-state index in [0.717, 1.165) is 0 Å². The Hall–Kier alpha value is -2.44. The number of carboxylic acids is 1. The van der Waals surface area contributed by atoms with Crippen LogP contribution in [0.4, 0.5) is 0 Å². The molecule has 0 spiro atoms. The van der Waals surface area contributed by atoms with E-state index in [1.54, 1.807) is 36.4 Å². The third kappa shape index (κ3) is 5.33. The van der Waals surface area contributed by atoms with Gasteiger partial charge in [0, 0.05) is 11.4 Å². The van der Waals surface area contributed by atoms with Gasteiger partial charge in [-0.25, -0.2) is 4.79 Å². The SMILES string of the molecule is O=C(O)C(CC(O)COc1ccc(Cl)cc1)Oc1ccccc1O. The van der Waals surface area contributed by atoms with Gasteiger partial charge >= 0.3 is 5.97 Å². The monoisotopic (exact) mass is 352 g/mol. The third-order valence-electron chi connectivity index (χ3n) is 3.15. The molecule has 0 saturated carbocycles. The van der Waals surface area contributed by atoms with Crippen LogP contribution in [0.2, 0.25) is 5.02 Å². The number of phenols is 1. The van der Waals surface area contributed by atoms with Gasteiger partial charge in [0.25, 0.3) is 0 Å². The van der Waals surface area contributed by atoms with Crippen molar-refractivity contribution >= 4 is 17.6 Å². The summed E-state index contributed by atoms with van der Waals surface area (Å²) in [7, 11) is 0. The first-order chi connectivity index (χ1) is 11.5. The summed E-state index contributed by atoms with van der Waals surface area (Å²) in [5.74, 6) is -0.873. The number of carboxylic acid groups (broad SMARTS) is 1. The number of ether oxygens (including phenoxy) is 2. The van der Waals surface area contributed by atoms with Crippen LogP contribution in [0.15, 0.2) is 48.5 Å². The van der Waals surface area contributed by atoms with E-state index in [9.17, 15) is 20.1 Å². The number of aliphatic hydroxyl groups excluding tert-OH is 1. The number of aromatic hydroxyl groups is 1. The molecule has 2 atom stereocenters. The molecular weight excluding hydrogens is 336 g/mol. The molecule has 3 N–H and O–H groups in total. The molecule has 0 heterocycles. The van der Waals surface area contributed by atoms with Crippen molar-refractivity contribution in [2.75, 3.05) is 6.61 Å². The van der Waals surface area contributed by atoms with Crippen molar-refractivity contribution in [2.24, 2.45) is 0 Å². The number of rotatable bonds is 8. The van der Waals surface area contributed by atoms with Crippen molar-refractivity contribution in [2.45, 2.75) is 18.6 Å². The van der Waals surface area contributed by atoms with Crippen LogP contribution in [0.1, 0.15) is 6.42 Å². The van der Waals surface area contributed by atoms with Crippen molar-refractivity contribution in [3.8, 4) is 17.2 Å². The highest BCUT2D eigenvalue weighted by Crippen LogP contribution is 2.26. The molecule has 0 aliphatic rings. The molecule has 0 fully saturated rings. The van der Waals surface area contributed by atoms with Crippen LogP contribution in [0.3, 0.4) is 0 Å². The van der Waals surface area contributed by atoms with E-state index < -0.39 is 18.2 Å². The van der Waals surface area contributed by atoms with E-state index in [1.165, 1.54) is 12.1 Å². The Morgan fingerprint density at radius 3 is 2.42 bits per heavy atom. The number of para-hydroxylation sites is 2. The topological polar surface area (TPSA) is 96.2 Å². The second kappa shape index (κ2) is 8.42. The van der Waals surface area contributed by atoms with Gasteiger partial charge < -0.3 is 24.8 Å². The molecular formula is C17H17ClO6. The Morgan fingerprint density at radius 2 is 1.79 bits per heavy atom. The van der Waals surface area contributed by atoms with E-state index in [0.29, 0.717) is 10.8 Å². The van der Waals surface area contributed by atoms with Gasteiger partial charge in [-0.15, -0.1) is 0 Å². The zero-order chi connectivity index (χ0) is 17.5. The predicted molar refractivity (Wildman–Crippen MR) is 87.7 cm³/mol. The lowest BCUT2D eigenvalue weighted by Crippen LogP contribution is -2.33. The maximum atomic E-state index is 11.3. The maximum absolute atomic E-state index is 11.3. The molecule has 0 saturated heterocycles. The van der Waals surface area contributed by atoms with Crippen molar-refractivity contribution in [1.29, 1.82) is 0 Å². The van der Waals surface area contributed by atoms with E-state index in [4.69, 9.17) is 21.1 Å². The number of hydrogen-bond acceptors (Lipinski definition) is 5. The number of benzene rings is 2. The average Bonchev–Trinajstić information content (AvgIpc) is 2.55. The lowest BCUT2D eigenvalue weighted by atomic mass is 10.1. The van der Waals surface area contributed by atoms with Gasteiger partial charge in [0.05, 0.1) is 6.10 Å². The summed E-state index contributed by atoms with van der Waals surface area (Å²) >= 11 is 5.76. The number of halogens is 1. The van der Waals surface area contributed by atoms with E-state index >= 15 is 0 Å². The minimum atomic E-state index is -1.32. The second-order valence-corrected chi connectivity index (χ2v) is 5.50. The van der Waals surface area contributed by atoms with Gasteiger partial charge in [-0.1, -0.05) is 23.7 Å². The van der Waals surface area contributed by atoms with Crippen LogP contribution >= 0.6 is 11.6 Å². The molecule has 128 valence electrons. The predicted octanol–water partition coefficient (Wildman–Crippen LogP) is 2.71. The van der Waals surface area contributed by atoms with Gasteiger partial charge in [-0.3, -0.25) is 0 Å². The smallest absolute Gasteiger partial charge is 0.345 e. The molecule has 7 heteroatoms. The molecule has 0 amide bonds. The Bertz CT molecular complexity index is 673. The first kappa shape index (κ1) is 17.9. The Morgan fingerprint density at radius 1 is 1.12 bits per heavy atom. The molecule has 0 aliphatic heterocycles. The van der Waals surface area contributed by atoms with E-state index in [-0.39, 0.29) is 24.5 Å².